The number of Topliss-reactive ketones (excluding diaryl/α,β-unsaturated/α-hetero) is 1. The predicted molar refractivity (Wildman–Crippen MR) is 50.1 cm³/mol. The molecule has 1 nitrogen and oxygen atoms in total. The van der Waals surface area contributed by atoms with E-state index in [1.165, 1.54) is 0 Å². The van der Waals surface area contributed by atoms with Crippen molar-refractivity contribution in [3.05, 3.63) is 0 Å². The molecule has 3 heteroatoms. The third-order valence-electron chi connectivity index (χ3n) is 0.765. The normalized spacial score (nSPS) is 8.00. The van der Waals surface area contributed by atoms with Gasteiger partial charge in [-0.1, -0.05) is 22.9 Å². The van der Waals surface area contributed by atoms with Crippen LogP contribution in [-0.2, 0) is 4.79 Å². The molecule has 0 aromatic heterocycles. The van der Waals surface area contributed by atoms with E-state index < -0.39 is 0 Å². The second kappa shape index (κ2) is 12.1. The van der Waals surface area contributed by atoms with Crippen molar-refractivity contribution in [3.63, 3.8) is 0 Å². The van der Waals surface area contributed by atoms with Crippen molar-refractivity contribution in [2.24, 2.45) is 0 Å². The molecule has 0 aromatic carbocycles. The first kappa shape index (κ1) is 13.1. The largest absolute Gasteiger partial charge is 0.300 e. The topological polar surface area (TPSA) is 17.1 Å². The monoisotopic (exact) mass is 228 g/mol. The Kier molecular flexibility index (Phi) is 15.9. The molecular formula is C7H14BrClO. The molecule has 0 atom stereocenters. The Morgan fingerprint density at radius 3 is 2.00 bits per heavy atom. The molecule has 0 rings (SSSR count). The lowest BCUT2D eigenvalue weighted by molar-refractivity contribution is -0.116. The van der Waals surface area contributed by atoms with Crippen LogP contribution in [0.5, 0.6) is 0 Å². The second-order valence-corrected chi connectivity index (χ2v) is 2.96. The molecular weight excluding hydrogens is 215 g/mol. The highest BCUT2D eigenvalue weighted by molar-refractivity contribution is 9.09. The summed E-state index contributed by atoms with van der Waals surface area (Å²) in [4.78, 5) is 9.81. The number of carbonyl (C=O) groups is 1. The van der Waals surface area contributed by atoms with Gasteiger partial charge in [0.05, 0.1) is 0 Å². The van der Waals surface area contributed by atoms with Crippen LogP contribution in [0.4, 0.5) is 0 Å². The van der Waals surface area contributed by atoms with Crippen molar-refractivity contribution in [3.8, 4) is 0 Å². The van der Waals surface area contributed by atoms with Crippen molar-refractivity contribution in [1.29, 1.82) is 0 Å². The van der Waals surface area contributed by atoms with Crippen molar-refractivity contribution >= 4 is 33.3 Å². The Labute approximate surface area is 76.3 Å². The third-order valence-corrected chi connectivity index (χ3v) is 1.59. The summed E-state index contributed by atoms with van der Waals surface area (Å²) in [5, 5.41) is 1.02. The summed E-state index contributed by atoms with van der Waals surface area (Å²) in [7, 11) is 0. The summed E-state index contributed by atoms with van der Waals surface area (Å²) in [6.45, 7) is 3.43. The first-order chi connectivity index (χ1) is 4.68. The van der Waals surface area contributed by atoms with E-state index in [1.54, 1.807) is 6.92 Å². The summed E-state index contributed by atoms with van der Waals surface area (Å²) in [6.07, 6.45) is 1.74. The van der Waals surface area contributed by atoms with Crippen LogP contribution < -0.4 is 0 Å². The molecule has 0 saturated carbocycles. The van der Waals surface area contributed by atoms with Crippen molar-refractivity contribution < 1.29 is 4.79 Å². The van der Waals surface area contributed by atoms with E-state index in [2.05, 4.69) is 15.9 Å². The average molecular weight is 230 g/mol. The van der Waals surface area contributed by atoms with Crippen LogP contribution in [0.3, 0.4) is 0 Å². The Morgan fingerprint density at radius 1 is 1.60 bits per heavy atom. The maximum absolute atomic E-state index is 9.81. The van der Waals surface area contributed by atoms with Gasteiger partial charge in [0, 0.05) is 17.6 Å². The number of ketones is 1. The molecule has 0 unspecified atom stereocenters. The molecule has 0 aromatic rings. The van der Waals surface area contributed by atoms with E-state index in [-0.39, 0.29) is 5.78 Å². The van der Waals surface area contributed by atoms with Crippen LogP contribution >= 0.6 is 27.5 Å². The highest BCUT2D eigenvalue weighted by Crippen LogP contribution is 1.87. The number of hydrogen-bond acceptors (Lipinski definition) is 1. The number of carbonyl (C=O) groups excluding carboxylic acids is 1. The smallest absolute Gasteiger partial charge is 0.129 e. The van der Waals surface area contributed by atoms with E-state index in [1.807, 2.05) is 6.92 Å². The molecule has 0 saturated heterocycles. The summed E-state index contributed by atoms with van der Waals surface area (Å²) in [5.41, 5.74) is 0. The van der Waals surface area contributed by atoms with E-state index in [9.17, 15) is 4.79 Å². The zero-order chi connectivity index (χ0) is 8.41. The minimum absolute atomic E-state index is 0.255. The Morgan fingerprint density at radius 2 is 2.00 bits per heavy atom. The average Bonchev–Trinajstić information content (AvgIpc) is 1.91. The van der Waals surface area contributed by atoms with Gasteiger partial charge >= 0.3 is 0 Å². The highest BCUT2D eigenvalue weighted by atomic mass is 79.9. The molecule has 0 aliphatic carbocycles. The van der Waals surface area contributed by atoms with Gasteiger partial charge in [0.2, 0.25) is 0 Å². The summed E-state index contributed by atoms with van der Waals surface area (Å²) in [5.74, 6) is 1.02. The zero-order valence-electron chi connectivity index (χ0n) is 6.49. The summed E-state index contributed by atoms with van der Waals surface area (Å²) in [6, 6.07) is 0. The van der Waals surface area contributed by atoms with Crippen molar-refractivity contribution in [2.75, 3.05) is 11.2 Å². The van der Waals surface area contributed by atoms with Crippen LogP contribution in [0, 0.1) is 0 Å². The van der Waals surface area contributed by atoms with Gasteiger partial charge in [-0.3, -0.25) is 0 Å². The van der Waals surface area contributed by atoms with E-state index in [4.69, 9.17) is 11.6 Å². The van der Waals surface area contributed by atoms with Gasteiger partial charge in [0.1, 0.15) is 5.78 Å². The standard InChI is InChI=1S/C4H8O.C3H6BrCl/c1-3-4(2)5;4-2-1-3-5/h3H2,1-2H3;1-3H2. The highest BCUT2D eigenvalue weighted by Gasteiger charge is 1.76. The number of alkyl halides is 2. The molecule has 62 valence electrons. The molecule has 0 spiro atoms. The molecule has 10 heavy (non-hydrogen) atoms. The van der Waals surface area contributed by atoms with Crippen LogP contribution in [0.2, 0.25) is 0 Å². The molecule has 0 bridgehead atoms. The molecule has 0 N–H and O–H groups in total. The zero-order valence-corrected chi connectivity index (χ0v) is 8.83. The SMILES string of the molecule is CCC(C)=O.ClCCCBr. The van der Waals surface area contributed by atoms with E-state index >= 15 is 0 Å². The van der Waals surface area contributed by atoms with Crippen LogP contribution in [0.1, 0.15) is 26.7 Å². The molecule has 0 heterocycles. The quantitative estimate of drug-likeness (QED) is 0.680. The van der Waals surface area contributed by atoms with E-state index in [0.717, 1.165) is 17.6 Å². The van der Waals surface area contributed by atoms with Gasteiger partial charge in [-0.15, -0.1) is 11.6 Å². The van der Waals surface area contributed by atoms with Gasteiger partial charge in [0.25, 0.3) is 0 Å². The predicted octanol–water partition coefficient (Wildman–Crippen LogP) is 3.00. The summed E-state index contributed by atoms with van der Waals surface area (Å²) < 4.78 is 0. The van der Waals surface area contributed by atoms with Gasteiger partial charge in [-0.25, -0.2) is 0 Å². The Balaban J connectivity index is 0. The molecule has 0 amide bonds. The Bertz CT molecular complexity index is 74.0. The Hall–Kier alpha value is 0.440. The maximum atomic E-state index is 9.81. The molecule has 0 aliphatic rings. The molecule has 0 aliphatic heterocycles. The lowest BCUT2D eigenvalue weighted by Crippen LogP contribution is -1.80. The minimum atomic E-state index is 0.255. The van der Waals surface area contributed by atoms with Crippen molar-refractivity contribution in [2.45, 2.75) is 26.7 Å². The van der Waals surface area contributed by atoms with Crippen molar-refractivity contribution in [1.82, 2.24) is 0 Å². The lowest BCUT2D eigenvalue weighted by Gasteiger charge is -1.75. The van der Waals surface area contributed by atoms with Crippen LogP contribution in [0.15, 0.2) is 0 Å². The maximum Gasteiger partial charge on any atom is 0.129 e. The number of hydrogen-bond donors (Lipinski definition) is 0. The van der Waals surface area contributed by atoms with Gasteiger partial charge in [-0.05, 0) is 13.3 Å². The van der Waals surface area contributed by atoms with Gasteiger partial charge < -0.3 is 4.79 Å². The van der Waals surface area contributed by atoms with E-state index in [0.29, 0.717) is 6.42 Å². The third kappa shape index (κ3) is 23.7. The molecule has 0 radical (unpaired) electrons. The fraction of sp³-hybridized carbons (Fsp3) is 0.857. The molecule has 0 fully saturated rings. The van der Waals surface area contributed by atoms with Crippen LogP contribution in [0.25, 0.3) is 0 Å². The number of rotatable bonds is 3. The summed E-state index contributed by atoms with van der Waals surface area (Å²) >= 11 is 8.50. The first-order valence-electron chi connectivity index (χ1n) is 3.30. The van der Waals surface area contributed by atoms with Gasteiger partial charge in [0.15, 0.2) is 0 Å². The fourth-order valence-corrected chi connectivity index (χ4v) is 0.787. The lowest BCUT2D eigenvalue weighted by atomic mass is 10.4. The van der Waals surface area contributed by atoms with Gasteiger partial charge in [-0.2, -0.15) is 0 Å². The number of halogens is 2. The first-order valence-corrected chi connectivity index (χ1v) is 4.96. The minimum Gasteiger partial charge on any atom is -0.300 e. The van der Waals surface area contributed by atoms with Crippen LogP contribution in [-0.4, -0.2) is 17.0 Å². The fourth-order valence-electron chi connectivity index (χ4n) is 0.0505. The second-order valence-electron chi connectivity index (χ2n) is 1.79.